The summed E-state index contributed by atoms with van der Waals surface area (Å²) in [5, 5.41) is 0. The second-order valence-electron chi connectivity index (χ2n) is 1.93. The smallest absolute Gasteiger partial charge is 0.142 e. The molecule has 0 fully saturated rings. The number of hydrogen-bond acceptors (Lipinski definition) is 2. The lowest BCUT2D eigenvalue weighted by Gasteiger charge is -1.83. The highest BCUT2D eigenvalue weighted by Crippen LogP contribution is 1.93. The molecule has 0 aromatic heterocycles. The molecular weight excluding hydrogens is 140 g/mol. The van der Waals surface area contributed by atoms with Crippen molar-refractivity contribution in [1.82, 2.24) is 0 Å². The molecule has 11 heavy (non-hydrogen) atoms. The van der Waals surface area contributed by atoms with Gasteiger partial charge in [-0.3, -0.25) is 9.59 Å². The van der Waals surface area contributed by atoms with Crippen LogP contribution >= 0.6 is 0 Å². The molecule has 0 saturated carbocycles. The first-order valence-corrected chi connectivity index (χ1v) is 3.22. The maximum Gasteiger partial charge on any atom is 0.142 e. The van der Waals surface area contributed by atoms with Gasteiger partial charge in [0.25, 0.3) is 0 Å². The Kier molecular flexibility index (Phi) is 5.80. The third-order valence-corrected chi connectivity index (χ3v) is 0.986. The van der Waals surface area contributed by atoms with Crippen LogP contribution in [0, 0.1) is 0 Å². The summed E-state index contributed by atoms with van der Waals surface area (Å²) in [6.07, 6.45) is 9.24. The van der Waals surface area contributed by atoms with Crippen molar-refractivity contribution in [3.63, 3.8) is 0 Å². The molecule has 2 heteroatoms. The Morgan fingerprint density at radius 1 is 1.00 bits per heavy atom. The molecule has 0 saturated heterocycles. The molecule has 0 aliphatic heterocycles. The summed E-state index contributed by atoms with van der Waals surface area (Å²) in [5.74, 6) is 0. The monoisotopic (exact) mass is 150 g/mol. The average Bonchev–Trinajstić information content (AvgIpc) is 2.01. The zero-order valence-corrected chi connectivity index (χ0v) is 6.36. The van der Waals surface area contributed by atoms with E-state index < -0.39 is 0 Å². The summed E-state index contributed by atoms with van der Waals surface area (Å²) in [6.45, 7) is 1.84. The third-order valence-electron chi connectivity index (χ3n) is 0.986. The zero-order valence-electron chi connectivity index (χ0n) is 6.36. The van der Waals surface area contributed by atoms with E-state index in [-0.39, 0.29) is 0 Å². The highest BCUT2D eigenvalue weighted by atomic mass is 16.1. The van der Waals surface area contributed by atoms with Crippen LogP contribution in [0.1, 0.15) is 6.92 Å². The van der Waals surface area contributed by atoms with Gasteiger partial charge >= 0.3 is 0 Å². The zero-order chi connectivity index (χ0) is 8.53. The maximum absolute atomic E-state index is 9.85. The summed E-state index contributed by atoms with van der Waals surface area (Å²) >= 11 is 0. The van der Waals surface area contributed by atoms with Crippen molar-refractivity contribution >= 4 is 12.6 Å². The van der Waals surface area contributed by atoms with Gasteiger partial charge in [-0.15, -0.1) is 0 Å². The summed E-state index contributed by atoms with van der Waals surface area (Å²) < 4.78 is 0. The molecule has 0 aliphatic carbocycles. The fourth-order valence-corrected chi connectivity index (χ4v) is 0.499. The third kappa shape index (κ3) is 6.45. The van der Waals surface area contributed by atoms with Gasteiger partial charge < -0.3 is 0 Å². The molecule has 0 aromatic carbocycles. The van der Waals surface area contributed by atoms with Crippen LogP contribution in [0.4, 0.5) is 0 Å². The summed E-state index contributed by atoms with van der Waals surface area (Å²) in [5.41, 5.74) is 0.926. The lowest BCUT2D eigenvalue weighted by molar-refractivity contribution is -0.104. The van der Waals surface area contributed by atoms with E-state index in [9.17, 15) is 9.59 Å². The molecule has 0 N–H and O–H groups in total. The van der Waals surface area contributed by atoms with Crippen LogP contribution in [0.15, 0.2) is 36.0 Å². The van der Waals surface area contributed by atoms with E-state index >= 15 is 0 Å². The fraction of sp³-hybridized carbons (Fsp3) is 0.111. The minimum absolute atomic E-state index is 0.702. The molecule has 58 valence electrons. The Balaban J connectivity index is 3.99. The van der Waals surface area contributed by atoms with Crippen molar-refractivity contribution in [1.29, 1.82) is 0 Å². The van der Waals surface area contributed by atoms with Gasteiger partial charge in [-0.25, -0.2) is 0 Å². The number of rotatable bonds is 4. The van der Waals surface area contributed by atoms with Crippen molar-refractivity contribution in [2.24, 2.45) is 0 Å². The van der Waals surface area contributed by atoms with E-state index in [2.05, 4.69) is 0 Å². The normalized spacial score (nSPS) is 12.6. The summed E-state index contributed by atoms with van der Waals surface area (Å²) in [6, 6.07) is 0. The van der Waals surface area contributed by atoms with Crippen molar-refractivity contribution in [3.05, 3.63) is 36.0 Å². The molecule has 0 heterocycles. The van der Waals surface area contributed by atoms with Crippen molar-refractivity contribution in [3.8, 4) is 0 Å². The van der Waals surface area contributed by atoms with Crippen LogP contribution < -0.4 is 0 Å². The Hall–Kier alpha value is -1.44. The Morgan fingerprint density at radius 2 is 1.64 bits per heavy atom. The van der Waals surface area contributed by atoms with E-state index in [0.717, 1.165) is 5.57 Å². The summed E-state index contributed by atoms with van der Waals surface area (Å²) in [4.78, 5) is 19.7. The van der Waals surface area contributed by atoms with Crippen LogP contribution in [-0.2, 0) is 9.59 Å². The molecule has 0 radical (unpaired) electrons. The predicted molar refractivity (Wildman–Crippen MR) is 44.2 cm³/mol. The van der Waals surface area contributed by atoms with E-state index in [4.69, 9.17) is 0 Å². The lowest BCUT2D eigenvalue weighted by Crippen LogP contribution is -1.67. The first kappa shape index (κ1) is 9.56. The van der Waals surface area contributed by atoms with Crippen molar-refractivity contribution in [2.45, 2.75) is 6.92 Å². The first-order valence-electron chi connectivity index (χ1n) is 3.22. The van der Waals surface area contributed by atoms with Gasteiger partial charge in [0.15, 0.2) is 0 Å². The van der Waals surface area contributed by atoms with E-state index in [0.29, 0.717) is 12.6 Å². The summed E-state index contributed by atoms with van der Waals surface area (Å²) in [7, 11) is 0. The standard InChI is InChI=1S/C9H10O2/c1-9(6-4-8-11)5-2-3-7-10/h2-8H,1H3/b3-2+,6-4+,9-5+. The minimum Gasteiger partial charge on any atom is -0.299 e. The van der Waals surface area contributed by atoms with E-state index in [1.807, 2.05) is 6.92 Å². The van der Waals surface area contributed by atoms with Crippen LogP contribution in [-0.4, -0.2) is 12.6 Å². The highest BCUT2D eigenvalue weighted by molar-refractivity contribution is 5.66. The van der Waals surface area contributed by atoms with Crippen molar-refractivity contribution in [2.75, 3.05) is 0 Å². The van der Waals surface area contributed by atoms with Crippen LogP contribution in [0.3, 0.4) is 0 Å². The fourth-order valence-electron chi connectivity index (χ4n) is 0.499. The van der Waals surface area contributed by atoms with Crippen LogP contribution in [0.2, 0.25) is 0 Å². The quantitative estimate of drug-likeness (QED) is 0.345. The second kappa shape index (κ2) is 6.68. The Bertz CT molecular complexity index is 210. The van der Waals surface area contributed by atoms with Crippen LogP contribution in [0.5, 0.6) is 0 Å². The molecule has 0 bridgehead atoms. The minimum atomic E-state index is 0.702. The predicted octanol–water partition coefficient (Wildman–Crippen LogP) is 1.44. The molecule has 0 aliphatic rings. The molecule has 0 aromatic rings. The number of carbonyl (C=O) groups excluding carboxylic acids is 2. The molecule has 2 nitrogen and oxygen atoms in total. The molecule has 0 rings (SSSR count). The maximum atomic E-state index is 9.85. The van der Waals surface area contributed by atoms with Crippen LogP contribution in [0.25, 0.3) is 0 Å². The van der Waals surface area contributed by atoms with Gasteiger partial charge in [-0.1, -0.05) is 23.8 Å². The van der Waals surface area contributed by atoms with E-state index in [1.54, 1.807) is 18.2 Å². The van der Waals surface area contributed by atoms with E-state index in [1.165, 1.54) is 12.2 Å². The lowest BCUT2D eigenvalue weighted by atomic mass is 10.2. The van der Waals surface area contributed by atoms with Gasteiger partial charge in [0.05, 0.1) is 0 Å². The van der Waals surface area contributed by atoms with Gasteiger partial charge in [-0.05, 0) is 19.1 Å². The van der Waals surface area contributed by atoms with Gasteiger partial charge in [0, 0.05) is 0 Å². The molecule has 0 amide bonds. The SMILES string of the molecule is CC(/C=C/C=O)=C\C=C\C=O. The molecule has 0 atom stereocenters. The van der Waals surface area contributed by atoms with Gasteiger partial charge in [0.1, 0.15) is 12.6 Å². The average molecular weight is 150 g/mol. The second-order valence-corrected chi connectivity index (χ2v) is 1.93. The molecular formula is C9H10O2. The van der Waals surface area contributed by atoms with Gasteiger partial charge in [0.2, 0.25) is 0 Å². The molecule has 0 unspecified atom stereocenters. The number of carbonyl (C=O) groups is 2. The Labute approximate surface area is 65.9 Å². The first-order chi connectivity index (χ1) is 5.31. The number of hydrogen-bond donors (Lipinski definition) is 0. The highest BCUT2D eigenvalue weighted by Gasteiger charge is 1.75. The topological polar surface area (TPSA) is 34.1 Å². The molecule has 0 spiro atoms. The number of aldehydes is 2. The van der Waals surface area contributed by atoms with Gasteiger partial charge in [-0.2, -0.15) is 0 Å². The number of allylic oxidation sites excluding steroid dienone is 6. The Morgan fingerprint density at radius 3 is 2.18 bits per heavy atom. The largest absolute Gasteiger partial charge is 0.299 e. The van der Waals surface area contributed by atoms with Crippen molar-refractivity contribution < 1.29 is 9.59 Å².